The van der Waals surface area contributed by atoms with E-state index in [-0.39, 0.29) is 30.3 Å². The summed E-state index contributed by atoms with van der Waals surface area (Å²) in [6, 6.07) is 9.20. The van der Waals surface area contributed by atoms with Crippen molar-refractivity contribution >= 4 is 28.5 Å². The lowest BCUT2D eigenvalue weighted by atomic mass is 10.0. The van der Waals surface area contributed by atoms with Gasteiger partial charge in [0.15, 0.2) is 0 Å². The number of rotatable bonds is 8. The molecule has 2 heterocycles. The van der Waals surface area contributed by atoms with Crippen molar-refractivity contribution in [3.05, 3.63) is 76.6 Å². The normalized spacial score (nSPS) is 12.1. The Hall–Kier alpha value is -4.05. The number of hydrogen-bond donors (Lipinski definition) is 2. The van der Waals surface area contributed by atoms with Crippen LogP contribution in [0.4, 0.5) is 10.1 Å². The number of fused-ring (bicyclic) bond motifs is 1. The highest BCUT2D eigenvalue weighted by molar-refractivity contribution is 6.07. The van der Waals surface area contributed by atoms with Crippen LogP contribution in [-0.4, -0.2) is 44.9 Å². The van der Waals surface area contributed by atoms with E-state index in [0.29, 0.717) is 28.8 Å². The number of carbonyl (C=O) groups is 2. The van der Waals surface area contributed by atoms with Gasteiger partial charge in [0.05, 0.1) is 34.7 Å². The van der Waals surface area contributed by atoms with Crippen LogP contribution >= 0.6 is 0 Å². The van der Waals surface area contributed by atoms with Gasteiger partial charge in [0, 0.05) is 37.6 Å². The molecule has 2 aromatic heterocycles. The highest BCUT2D eigenvalue weighted by Crippen LogP contribution is 2.27. The number of benzene rings is 2. The molecule has 2 amide bonds. The van der Waals surface area contributed by atoms with Gasteiger partial charge in [-0.15, -0.1) is 0 Å². The molecule has 0 saturated heterocycles. The Balaban J connectivity index is 1.73. The maximum Gasteiger partial charge on any atom is 0.254 e. The lowest BCUT2D eigenvalue weighted by molar-refractivity contribution is -0.119. The lowest BCUT2D eigenvalue weighted by Crippen LogP contribution is -2.28. The summed E-state index contributed by atoms with van der Waals surface area (Å²) in [7, 11) is 3.30. The molecule has 0 spiro atoms. The van der Waals surface area contributed by atoms with Crippen molar-refractivity contribution in [1.29, 1.82) is 0 Å². The average Bonchev–Trinajstić information content (AvgIpc) is 3.33. The molecule has 36 heavy (non-hydrogen) atoms. The molecule has 10 heteroatoms. The van der Waals surface area contributed by atoms with Gasteiger partial charge in [-0.25, -0.2) is 9.37 Å². The van der Waals surface area contributed by atoms with Gasteiger partial charge in [-0.2, -0.15) is 5.10 Å². The number of hydrogen-bond acceptors (Lipinski definition) is 5. The third-order valence-corrected chi connectivity index (χ3v) is 6.13. The number of carbonyl (C=O) groups excluding carboxylic acids is 2. The number of aryl methyl sites for hydroxylation is 2. The fourth-order valence-electron chi connectivity index (χ4n) is 4.45. The first kappa shape index (κ1) is 25.1. The highest BCUT2D eigenvalue weighted by Gasteiger charge is 2.22. The number of aromatic nitrogens is 4. The van der Waals surface area contributed by atoms with Gasteiger partial charge in [-0.1, -0.05) is 12.1 Å². The molecule has 0 bridgehead atoms. The Labute approximate surface area is 208 Å². The Kier molecular flexibility index (Phi) is 7.16. The number of nitrogens with zero attached hydrogens (tertiary/aromatic N) is 4. The molecule has 4 rings (SSSR count). The third-order valence-electron chi connectivity index (χ3n) is 6.13. The second-order valence-corrected chi connectivity index (χ2v) is 8.77. The number of halogens is 1. The Bertz CT molecular complexity index is 1420. The van der Waals surface area contributed by atoms with E-state index in [0.717, 1.165) is 22.5 Å². The zero-order valence-electron chi connectivity index (χ0n) is 20.9. The fraction of sp³-hybridized carbons (Fsp3) is 0.308. The molecular formula is C26H29FN6O3. The Morgan fingerprint density at radius 1 is 1.17 bits per heavy atom. The first-order chi connectivity index (χ1) is 17.2. The summed E-state index contributed by atoms with van der Waals surface area (Å²) in [5, 5.41) is 10.3. The van der Waals surface area contributed by atoms with Crippen molar-refractivity contribution in [2.75, 3.05) is 19.0 Å². The number of methoxy groups -OCH3 is 1. The minimum Gasteiger partial charge on any atom is -0.375 e. The summed E-state index contributed by atoms with van der Waals surface area (Å²) in [6.45, 7) is 6.05. The fourth-order valence-corrected chi connectivity index (χ4v) is 4.45. The summed E-state index contributed by atoms with van der Waals surface area (Å²) in [5.74, 6) is -0.983. The van der Waals surface area contributed by atoms with Gasteiger partial charge < -0.3 is 19.9 Å². The average molecular weight is 493 g/mol. The molecule has 0 unspecified atom stereocenters. The van der Waals surface area contributed by atoms with E-state index in [1.807, 2.05) is 32.4 Å². The molecule has 2 N–H and O–H groups in total. The smallest absolute Gasteiger partial charge is 0.254 e. The van der Waals surface area contributed by atoms with Crippen LogP contribution in [0.15, 0.2) is 42.7 Å². The van der Waals surface area contributed by atoms with Crippen molar-refractivity contribution in [3.8, 4) is 0 Å². The zero-order chi connectivity index (χ0) is 26.0. The van der Waals surface area contributed by atoms with Gasteiger partial charge in [0.1, 0.15) is 12.4 Å². The Morgan fingerprint density at radius 3 is 2.53 bits per heavy atom. The SMILES string of the molecule is COCC(=O)Nc1cc(C(=O)N[C@@H](C)c2c(C)nn(C)c2C)c2c(c1)ncn2Cc1ccc(F)cc1. The van der Waals surface area contributed by atoms with Crippen LogP contribution in [0.2, 0.25) is 0 Å². The maximum absolute atomic E-state index is 13.6. The van der Waals surface area contributed by atoms with Crippen LogP contribution in [0, 0.1) is 19.7 Å². The summed E-state index contributed by atoms with van der Waals surface area (Å²) in [5.41, 5.74) is 5.55. The van der Waals surface area contributed by atoms with Crippen molar-refractivity contribution in [2.45, 2.75) is 33.4 Å². The number of imidazole rings is 1. The number of amides is 2. The minimum absolute atomic E-state index is 0.116. The Morgan fingerprint density at radius 2 is 1.89 bits per heavy atom. The largest absolute Gasteiger partial charge is 0.375 e. The summed E-state index contributed by atoms with van der Waals surface area (Å²) in [4.78, 5) is 30.2. The number of ether oxygens (including phenoxy) is 1. The van der Waals surface area contributed by atoms with E-state index in [1.165, 1.54) is 19.2 Å². The van der Waals surface area contributed by atoms with E-state index in [9.17, 15) is 14.0 Å². The standard InChI is InChI=1S/C26H29FN6O3/c1-15(24-16(2)31-32(4)17(24)3)29-26(35)21-10-20(30-23(34)13-36-5)11-22-25(21)33(14-28-22)12-18-6-8-19(27)9-7-18/h6-11,14-15H,12-13H2,1-5H3,(H,29,35)(H,30,34)/t15-/m0/s1. The van der Waals surface area contributed by atoms with Crippen LogP contribution < -0.4 is 10.6 Å². The maximum atomic E-state index is 13.6. The summed E-state index contributed by atoms with van der Waals surface area (Å²) >= 11 is 0. The molecule has 188 valence electrons. The zero-order valence-corrected chi connectivity index (χ0v) is 20.9. The van der Waals surface area contributed by atoms with Gasteiger partial charge in [0.25, 0.3) is 5.91 Å². The van der Waals surface area contributed by atoms with Crippen LogP contribution in [0.3, 0.4) is 0 Å². The topological polar surface area (TPSA) is 103 Å². The first-order valence-corrected chi connectivity index (χ1v) is 11.5. The van der Waals surface area contributed by atoms with Gasteiger partial charge in [-0.05, 0) is 50.6 Å². The first-order valence-electron chi connectivity index (χ1n) is 11.5. The summed E-state index contributed by atoms with van der Waals surface area (Å²) in [6.07, 6.45) is 1.63. The molecule has 0 saturated carbocycles. The van der Waals surface area contributed by atoms with Crippen LogP contribution in [0.25, 0.3) is 11.0 Å². The van der Waals surface area contributed by atoms with Crippen LogP contribution in [-0.2, 0) is 23.1 Å². The van der Waals surface area contributed by atoms with E-state index < -0.39 is 0 Å². The molecule has 1 atom stereocenters. The van der Waals surface area contributed by atoms with Crippen molar-refractivity contribution < 1.29 is 18.7 Å². The van der Waals surface area contributed by atoms with Crippen LogP contribution in [0.5, 0.6) is 0 Å². The van der Waals surface area contributed by atoms with Crippen molar-refractivity contribution in [1.82, 2.24) is 24.6 Å². The lowest BCUT2D eigenvalue weighted by Gasteiger charge is -2.17. The van der Waals surface area contributed by atoms with Gasteiger partial charge in [0.2, 0.25) is 5.91 Å². The second kappa shape index (κ2) is 10.3. The quantitative estimate of drug-likeness (QED) is 0.391. The molecule has 0 aliphatic heterocycles. The molecule has 0 radical (unpaired) electrons. The highest BCUT2D eigenvalue weighted by atomic mass is 19.1. The molecule has 0 fully saturated rings. The molecule has 2 aromatic carbocycles. The molecule has 9 nitrogen and oxygen atoms in total. The number of nitrogens with one attached hydrogen (secondary N) is 2. The van der Waals surface area contributed by atoms with E-state index >= 15 is 0 Å². The van der Waals surface area contributed by atoms with Crippen LogP contribution in [0.1, 0.15) is 45.8 Å². The van der Waals surface area contributed by atoms with Gasteiger partial charge >= 0.3 is 0 Å². The molecule has 4 aromatic rings. The van der Waals surface area contributed by atoms with E-state index in [1.54, 1.807) is 35.3 Å². The molecule has 0 aliphatic carbocycles. The van der Waals surface area contributed by atoms with Crippen molar-refractivity contribution in [2.24, 2.45) is 7.05 Å². The minimum atomic E-state index is -0.344. The van der Waals surface area contributed by atoms with Crippen molar-refractivity contribution in [3.63, 3.8) is 0 Å². The molecule has 0 aliphatic rings. The number of anilines is 1. The van der Waals surface area contributed by atoms with Gasteiger partial charge in [-0.3, -0.25) is 14.3 Å². The summed E-state index contributed by atoms with van der Waals surface area (Å²) < 4.78 is 21.9. The predicted octanol–water partition coefficient (Wildman–Crippen LogP) is 3.65. The monoisotopic (exact) mass is 492 g/mol. The van der Waals surface area contributed by atoms with E-state index in [4.69, 9.17) is 4.74 Å². The predicted molar refractivity (Wildman–Crippen MR) is 134 cm³/mol. The third kappa shape index (κ3) is 5.13. The molecular weight excluding hydrogens is 463 g/mol. The second-order valence-electron chi connectivity index (χ2n) is 8.77. The van der Waals surface area contributed by atoms with E-state index in [2.05, 4.69) is 20.7 Å².